The summed E-state index contributed by atoms with van der Waals surface area (Å²) in [4.78, 5) is 12.3. The summed E-state index contributed by atoms with van der Waals surface area (Å²) >= 11 is 0. The zero-order chi connectivity index (χ0) is 16.3. The van der Waals surface area contributed by atoms with Gasteiger partial charge in [-0.25, -0.2) is 8.42 Å². The summed E-state index contributed by atoms with van der Waals surface area (Å²) in [7, 11) is -3.68. The molecule has 0 saturated carbocycles. The van der Waals surface area contributed by atoms with Crippen LogP contribution in [0.4, 0.5) is 0 Å². The van der Waals surface area contributed by atoms with Gasteiger partial charge in [0.05, 0.1) is 11.0 Å². The van der Waals surface area contributed by atoms with Crippen LogP contribution in [0.15, 0.2) is 23.1 Å². The van der Waals surface area contributed by atoms with E-state index < -0.39 is 21.0 Å². The summed E-state index contributed by atoms with van der Waals surface area (Å²) in [6.45, 7) is 6.28. The van der Waals surface area contributed by atoms with Crippen LogP contribution in [-0.2, 0) is 19.4 Å². The molecule has 0 bridgehead atoms. The van der Waals surface area contributed by atoms with E-state index in [0.29, 0.717) is 13.2 Å². The van der Waals surface area contributed by atoms with Gasteiger partial charge in [0.1, 0.15) is 5.25 Å². The molecule has 1 aromatic rings. The van der Waals surface area contributed by atoms with Gasteiger partial charge in [-0.1, -0.05) is 6.07 Å². The molecule has 2 unspecified atom stereocenters. The van der Waals surface area contributed by atoms with E-state index in [2.05, 4.69) is 5.32 Å². The van der Waals surface area contributed by atoms with Gasteiger partial charge in [-0.3, -0.25) is 4.79 Å². The summed E-state index contributed by atoms with van der Waals surface area (Å²) < 4.78 is 30.5. The number of ether oxygens (including phenoxy) is 1. The minimum absolute atomic E-state index is 0.000438. The molecule has 2 rings (SSSR count). The number of amides is 1. The Morgan fingerprint density at radius 1 is 1.36 bits per heavy atom. The Bertz CT molecular complexity index is 648. The number of nitrogens with one attached hydrogen (secondary N) is 1. The van der Waals surface area contributed by atoms with Crippen molar-refractivity contribution in [1.29, 1.82) is 0 Å². The third-order valence-electron chi connectivity index (χ3n) is 4.17. The fourth-order valence-electron chi connectivity index (χ4n) is 2.40. The maximum absolute atomic E-state index is 12.5. The highest BCUT2D eigenvalue weighted by Crippen LogP contribution is 2.20. The third-order valence-corrected chi connectivity index (χ3v) is 6.23. The molecule has 0 aromatic heterocycles. The molecule has 1 fully saturated rings. The lowest BCUT2D eigenvalue weighted by molar-refractivity contribution is -0.120. The number of aryl methyl sites for hydroxylation is 2. The van der Waals surface area contributed by atoms with Crippen molar-refractivity contribution < 1.29 is 17.9 Å². The highest BCUT2D eigenvalue weighted by Gasteiger charge is 2.30. The summed E-state index contributed by atoms with van der Waals surface area (Å²) in [5.41, 5.74) is 1.92. The fraction of sp³-hybridized carbons (Fsp3) is 0.562. The molecule has 0 spiro atoms. The molecular weight excluding hydrogens is 302 g/mol. The standard InChI is InChI=1S/C16H23NO4S/c1-11-6-7-15(9-12(11)2)22(19,20)13(3)16(18)17-10-14-5-4-8-21-14/h6-7,9,13-14H,4-5,8,10H2,1-3H3,(H,17,18). The quantitative estimate of drug-likeness (QED) is 0.895. The Morgan fingerprint density at radius 3 is 2.68 bits per heavy atom. The average Bonchev–Trinajstić information content (AvgIpc) is 3.00. The Balaban J connectivity index is 2.06. The first-order valence-electron chi connectivity index (χ1n) is 7.53. The Labute approximate surface area is 132 Å². The SMILES string of the molecule is Cc1ccc(S(=O)(=O)C(C)C(=O)NCC2CCCO2)cc1C. The van der Waals surface area contributed by atoms with Crippen LogP contribution in [0, 0.1) is 13.8 Å². The Kier molecular flexibility index (Phi) is 5.24. The second kappa shape index (κ2) is 6.79. The fourth-order valence-corrected chi connectivity index (χ4v) is 3.77. The largest absolute Gasteiger partial charge is 0.376 e. The van der Waals surface area contributed by atoms with Gasteiger partial charge < -0.3 is 10.1 Å². The zero-order valence-corrected chi connectivity index (χ0v) is 14.1. The Hall–Kier alpha value is -1.40. The normalized spacial score (nSPS) is 19.9. The van der Waals surface area contributed by atoms with E-state index in [9.17, 15) is 13.2 Å². The molecule has 0 radical (unpaired) electrons. The summed E-state index contributed by atoms with van der Waals surface area (Å²) in [6.07, 6.45) is 1.88. The molecule has 1 aliphatic rings. The van der Waals surface area contributed by atoms with Crippen molar-refractivity contribution in [1.82, 2.24) is 5.32 Å². The topological polar surface area (TPSA) is 72.5 Å². The predicted octanol–water partition coefficient (Wildman–Crippen LogP) is 1.76. The molecule has 1 aliphatic heterocycles. The van der Waals surface area contributed by atoms with Crippen LogP contribution in [-0.4, -0.2) is 38.8 Å². The molecule has 122 valence electrons. The number of carbonyl (C=O) groups excluding carboxylic acids is 1. The van der Waals surface area contributed by atoms with Crippen molar-refractivity contribution >= 4 is 15.7 Å². The van der Waals surface area contributed by atoms with Gasteiger partial charge in [-0.2, -0.15) is 0 Å². The van der Waals surface area contributed by atoms with E-state index in [1.807, 2.05) is 13.8 Å². The smallest absolute Gasteiger partial charge is 0.238 e. The van der Waals surface area contributed by atoms with Crippen LogP contribution in [0.25, 0.3) is 0 Å². The van der Waals surface area contributed by atoms with Crippen LogP contribution in [0.2, 0.25) is 0 Å². The number of carbonyl (C=O) groups is 1. The molecule has 1 N–H and O–H groups in total. The molecule has 6 heteroatoms. The van der Waals surface area contributed by atoms with Crippen molar-refractivity contribution in [2.45, 2.75) is 49.9 Å². The van der Waals surface area contributed by atoms with E-state index in [0.717, 1.165) is 24.0 Å². The Morgan fingerprint density at radius 2 is 2.09 bits per heavy atom. The molecule has 1 heterocycles. The third kappa shape index (κ3) is 3.67. The van der Waals surface area contributed by atoms with Gasteiger partial charge in [0.2, 0.25) is 5.91 Å². The number of hydrogen-bond donors (Lipinski definition) is 1. The molecule has 5 nitrogen and oxygen atoms in total. The number of benzene rings is 1. The summed E-state index contributed by atoms with van der Waals surface area (Å²) in [6, 6.07) is 4.94. The minimum Gasteiger partial charge on any atom is -0.376 e. The van der Waals surface area contributed by atoms with E-state index in [4.69, 9.17) is 4.74 Å². The van der Waals surface area contributed by atoms with Gasteiger partial charge in [-0.05, 0) is 56.9 Å². The van der Waals surface area contributed by atoms with E-state index in [1.165, 1.54) is 6.92 Å². The van der Waals surface area contributed by atoms with E-state index in [-0.39, 0.29) is 11.0 Å². The lowest BCUT2D eigenvalue weighted by atomic mass is 10.1. The van der Waals surface area contributed by atoms with Crippen LogP contribution >= 0.6 is 0 Å². The first-order valence-corrected chi connectivity index (χ1v) is 9.07. The van der Waals surface area contributed by atoms with Crippen molar-refractivity contribution in [2.24, 2.45) is 0 Å². The second-order valence-electron chi connectivity index (χ2n) is 5.81. The van der Waals surface area contributed by atoms with Crippen molar-refractivity contribution in [3.8, 4) is 0 Å². The van der Waals surface area contributed by atoms with Crippen molar-refractivity contribution in [2.75, 3.05) is 13.2 Å². The van der Waals surface area contributed by atoms with Crippen LogP contribution in [0.5, 0.6) is 0 Å². The maximum atomic E-state index is 12.5. The molecule has 1 amide bonds. The monoisotopic (exact) mass is 325 g/mol. The second-order valence-corrected chi connectivity index (χ2v) is 8.08. The molecular formula is C16H23NO4S. The number of sulfone groups is 1. The highest BCUT2D eigenvalue weighted by atomic mass is 32.2. The maximum Gasteiger partial charge on any atom is 0.238 e. The van der Waals surface area contributed by atoms with Gasteiger partial charge in [-0.15, -0.1) is 0 Å². The zero-order valence-electron chi connectivity index (χ0n) is 13.3. The van der Waals surface area contributed by atoms with Crippen molar-refractivity contribution in [3.05, 3.63) is 29.3 Å². The summed E-state index contributed by atoms with van der Waals surface area (Å²) in [5.74, 6) is -0.478. The molecule has 22 heavy (non-hydrogen) atoms. The highest BCUT2D eigenvalue weighted by molar-refractivity contribution is 7.92. The lowest BCUT2D eigenvalue weighted by Crippen LogP contribution is -2.41. The van der Waals surface area contributed by atoms with Crippen LogP contribution < -0.4 is 5.32 Å². The number of hydrogen-bond acceptors (Lipinski definition) is 4. The lowest BCUT2D eigenvalue weighted by Gasteiger charge is -2.16. The van der Waals surface area contributed by atoms with Crippen molar-refractivity contribution in [3.63, 3.8) is 0 Å². The summed E-state index contributed by atoms with van der Waals surface area (Å²) in [5, 5.41) is 1.57. The van der Waals surface area contributed by atoms with Gasteiger partial charge in [0.25, 0.3) is 0 Å². The molecule has 2 atom stereocenters. The minimum atomic E-state index is -3.68. The van der Waals surface area contributed by atoms with Gasteiger partial charge in [0.15, 0.2) is 9.84 Å². The molecule has 1 saturated heterocycles. The van der Waals surface area contributed by atoms with E-state index in [1.54, 1.807) is 18.2 Å². The van der Waals surface area contributed by atoms with Gasteiger partial charge >= 0.3 is 0 Å². The molecule has 1 aromatic carbocycles. The van der Waals surface area contributed by atoms with Crippen LogP contribution in [0.1, 0.15) is 30.9 Å². The molecule has 0 aliphatic carbocycles. The predicted molar refractivity (Wildman–Crippen MR) is 84.5 cm³/mol. The average molecular weight is 325 g/mol. The first kappa shape index (κ1) is 17.0. The van der Waals surface area contributed by atoms with Gasteiger partial charge in [0, 0.05) is 13.2 Å². The van der Waals surface area contributed by atoms with E-state index >= 15 is 0 Å². The number of rotatable bonds is 5. The first-order chi connectivity index (χ1) is 10.3. The van der Waals surface area contributed by atoms with Crippen LogP contribution in [0.3, 0.4) is 0 Å².